The predicted molar refractivity (Wildman–Crippen MR) is 47.1 cm³/mol. The summed E-state index contributed by atoms with van der Waals surface area (Å²) in [5, 5.41) is 0. The lowest BCUT2D eigenvalue weighted by Gasteiger charge is -2.07. The van der Waals surface area contributed by atoms with Crippen molar-refractivity contribution in [2.24, 2.45) is 0 Å². The molecule has 0 saturated carbocycles. The lowest BCUT2D eigenvalue weighted by molar-refractivity contribution is 0.217. The van der Waals surface area contributed by atoms with Gasteiger partial charge in [0, 0.05) is 19.9 Å². The number of hydrazine groups is 1. The zero-order chi connectivity index (χ0) is 8.53. The molecule has 0 fully saturated rings. The van der Waals surface area contributed by atoms with E-state index in [1.807, 2.05) is 7.05 Å². The van der Waals surface area contributed by atoms with E-state index >= 15 is 0 Å². The van der Waals surface area contributed by atoms with Gasteiger partial charge in [-0.2, -0.15) is 0 Å². The van der Waals surface area contributed by atoms with E-state index in [1.54, 1.807) is 7.11 Å². The van der Waals surface area contributed by atoms with Crippen LogP contribution in [0.2, 0.25) is 0 Å². The van der Waals surface area contributed by atoms with Crippen molar-refractivity contribution in [3.63, 3.8) is 0 Å². The van der Waals surface area contributed by atoms with Gasteiger partial charge in [0.2, 0.25) is 0 Å². The van der Waals surface area contributed by atoms with Crippen molar-refractivity contribution in [1.82, 2.24) is 10.9 Å². The second kappa shape index (κ2) is 7.57. The number of unbranched alkanes of at least 4 members (excludes halogenated alkanes) is 1. The normalized spacial score (nSPS) is 11.7. The molecule has 0 radical (unpaired) electrons. The molecular weight excluding hydrogens is 140 g/mol. The first-order chi connectivity index (χ1) is 5.35. The summed E-state index contributed by atoms with van der Waals surface area (Å²) in [6, 6.07) is 0. The Labute approximate surface area is 68.8 Å². The summed E-state index contributed by atoms with van der Waals surface area (Å²) in [5.41, 5.74) is 6.96. The Balaban J connectivity index is 3.66. The quantitative estimate of drug-likeness (QED) is 0.567. The van der Waals surface area contributed by atoms with Gasteiger partial charge in [-0.1, -0.05) is 19.4 Å². The summed E-state index contributed by atoms with van der Waals surface area (Å²) in [6.07, 6.45) is 4.39. The largest absolute Gasteiger partial charge is 0.378 e. The smallest absolute Gasteiger partial charge is 0.0869 e. The van der Waals surface area contributed by atoms with Crippen LogP contribution in [0.25, 0.3) is 0 Å². The average Bonchev–Trinajstić information content (AvgIpc) is 2.01. The summed E-state index contributed by atoms with van der Waals surface area (Å²) in [7, 11) is 3.53. The second-order valence-electron chi connectivity index (χ2n) is 2.33. The Kier molecular flexibility index (Phi) is 7.19. The SMILES string of the molecule is CCC/C=C(/COC)NNC. The molecule has 0 aliphatic heterocycles. The van der Waals surface area contributed by atoms with Gasteiger partial charge in [0.1, 0.15) is 0 Å². The molecule has 0 bridgehead atoms. The zero-order valence-electron chi connectivity index (χ0n) is 7.61. The van der Waals surface area contributed by atoms with E-state index in [0.717, 1.165) is 12.1 Å². The Morgan fingerprint density at radius 2 is 2.27 bits per heavy atom. The van der Waals surface area contributed by atoms with Gasteiger partial charge in [-0.15, -0.1) is 0 Å². The van der Waals surface area contributed by atoms with Gasteiger partial charge in [0.25, 0.3) is 0 Å². The lowest BCUT2D eigenvalue weighted by atomic mass is 10.3. The summed E-state index contributed by atoms with van der Waals surface area (Å²) >= 11 is 0. The van der Waals surface area contributed by atoms with Crippen molar-refractivity contribution in [2.45, 2.75) is 19.8 Å². The Bertz CT molecular complexity index is 105. The molecule has 0 amide bonds. The molecule has 0 unspecified atom stereocenters. The van der Waals surface area contributed by atoms with Crippen molar-refractivity contribution in [3.05, 3.63) is 11.8 Å². The Hall–Kier alpha value is -0.540. The molecule has 0 heterocycles. The fraction of sp³-hybridized carbons (Fsp3) is 0.750. The van der Waals surface area contributed by atoms with Crippen molar-refractivity contribution >= 4 is 0 Å². The van der Waals surface area contributed by atoms with E-state index in [9.17, 15) is 0 Å². The van der Waals surface area contributed by atoms with Gasteiger partial charge in [-0.05, 0) is 6.42 Å². The molecule has 66 valence electrons. The maximum atomic E-state index is 4.98. The van der Waals surface area contributed by atoms with Gasteiger partial charge in [-0.25, -0.2) is 5.43 Å². The molecule has 2 N–H and O–H groups in total. The monoisotopic (exact) mass is 158 g/mol. The van der Waals surface area contributed by atoms with Crippen LogP contribution in [0.1, 0.15) is 19.8 Å². The third-order valence-corrected chi connectivity index (χ3v) is 1.26. The van der Waals surface area contributed by atoms with E-state index in [1.165, 1.54) is 6.42 Å². The Morgan fingerprint density at radius 3 is 2.73 bits per heavy atom. The summed E-state index contributed by atoms with van der Waals surface area (Å²) in [6.45, 7) is 2.79. The first-order valence-corrected chi connectivity index (χ1v) is 3.95. The molecule has 0 aliphatic rings. The minimum absolute atomic E-state index is 0.640. The van der Waals surface area contributed by atoms with Crippen LogP contribution in [0, 0.1) is 0 Å². The molecule has 11 heavy (non-hydrogen) atoms. The van der Waals surface area contributed by atoms with E-state index in [2.05, 4.69) is 23.9 Å². The molecule has 0 saturated heterocycles. The zero-order valence-corrected chi connectivity index (χ0v) is 7.61. The lowest BCUT2D eigenvalue weighted by Crippen LogP contribution is -2.28. The van der Waals surface area contributed by atoms with Gasteiger partial charge in [-0.3, -0.25) is 0 Å². The molecule has 3 nitrogen and oxygen atoms in total. The van der Waals surface area contributed by atoms with Crippen LogP contribution in [0.3, 0.4) is 0 Å². The highest BCUT2D eigenvalue weighted by molar-refractivity contribution is 4.98. The van der Waals surface area contributed by atoms with Crippen LogP contribution >= 0.6 is 0 Å². The van der Waals surface area contributed by atoms with Crippen molar-refractivity contribution < 1.29 is 4.74 Å². The topological polar surface area (TPSA) is 33.3 Å². The fourth-order valence-corrected chi connectivity index (χ4v) is 0.781. The summed E-state index contributed by atoms with van der Waals surface area (Å²) < 4.78 is 4.98. The van der Waals surface area contributed by atoms with Crippen molar-refractivity contribution in [3.8, 4) is 0 Å². The van der Waals surface area contributed by atoms with E-state index in [4.69, 9.17) is 4.74 Å². The maximum absolute atomic E-state index is 4.98. The van der Waals surface area contributed by atoms with Crippen molar-refractivity contribution in [1.29, 1.82) is 0 Å². The van der Waals surface area contributed by atoms with Gasteiger partial charge >= 0.3 is 0 Å². The molecule has 0 spiro atoms. The van der Waals surface area contributed by atoms with Crippen LogP contribution in [-0.2, 0) is 4.74 Å². The number of nitrogens with one attached hydrogen (secondary N) is 2. The van der Waals surface area contributed by atoms with Gasteiger partial charge in [0.15, 0.2) is 0 Å². The standard InChI is InChI=1S/C8H18N2O/c1-4-5-6-8(7-11-3)10-9-2/h6,9-10H,4-5,7H2,1-3H3/b8-6-. The van der Waals surface area contributed by atoms with Crippen molar-refractivity contribution in [2.75, 3.05) is 20.8 Å². The molecule has 0 aromatic heterocycles. The number of methoxy groups -OCH3 is 1. The molecule has 0 aromatic carbocycles. The van der Waals surface area contributed by atoms with Gasteiger partial charge in [0.05, 0.1) is 6.61 Å². The number of rotatable bonds is 6. The van der Waals surface area contributed by atoms with Crippen LogP contribution in [0.4, 0.5) is 0 Å². The predicted octanol–water partition coefficient (Wildman–Crippen LogP) is 1.04. The van der Waals surface area contributed by atoms with Crippen LogP contribution in [0.15, 0.2) is 11.8 Å². The molecule has 0 aliphatic carbocycles. The Morgan fingerprint density at radius 1 is 1.55 bits per heavy atom. The second-order valence-corrected chi connectivity index (χ2v) is 2.33. The summed E-state index contributed by atoms with van der Waals surface area (Å²) in [5.74, 6) is 0. The van der Waals surface area contributed by atoms with Crippen LogP contribution in [0.5, 0.6) is 0 Å². The molecular formula is C8H18N2O. The molecule has 0 aromatic rings. The van der Waals surface area contributed by atoms with E-state index in [-0.39, 0.29) is 0 Å². The highest BCUT2D eigenvalue weighted by Gasteiger charge is 1.91. The summed E-state index contributed by atoms with van der Waals surface area (Å²) in [4.78, 5) is 0. The third-order valence-electron chi connectivity index (χ3n) is 1.26. The minimum atomic E-state index is 0.640. The number of ether oxygens (including phenoxy) is 1. The van der Waals surface area contributed by atoms with E-state index in [0.29, 0.717) is 6.61 Å². The molecule has 3 heteroatoms. The first-order valence-electron chi connectivity index (χ1n) is 3.95. The minimum Gasteiger partial charge on any atom is -0.378 e. The number of allylic oxidation sites excluding steroid dienone is 1. The van der Waals surface area contributed by atoms with E-state index < -0.39 is 0 Å². The highest BCUT2D eigenvalue weighted by Crippen LogP contribution is 1.94. The van der Waals surface area contributed by atoms with Crippen LogP contribution < -0.4 is 10.9 Å². The molecule has 0 atom stereocenters. The highest BCUT2D eigenvalue weighted by atomic mass is 16.5. The third kappa shape index (κ3) is 5.88. The van der Waals surface area contributed by atoms with Gasteiger partial charge < -0.3 is 10.2 Å². The maximum Gasteiger partial charge on any atom is 0.0869 e. The average molecular weight is 158 g/mol. The van der Waals surface area contributed by atoms with Crippen LogP contribution in [-0.4, -0.2) is 20.8 Å². The molecule has 0 rings (SSSR count). The number of hydrogen-bond donors (Lipinski definition) is 2. The fourth-order valence-electron chi connectivity index (χ4n) is 0.781. The first kappa shape index (κ1) is 10.5. The number of hydrogen-bond acceptors (Lipinski definition) is 3.